The van der Waals surface area contributed by atoms with Crippen LogP contribution in [0.3, 0.4) is 0 Å². The summed E-state index contributed by atoms with van der Waals surface area (Å²) in [6, 6.07) is 0.492. The summed E-state index contributed by atoms with van der Waals surface area (Å²) in [5, 5.41) is 3.57. The van der Waals surface area contributed by atoms with Crippen molar-refractivity contribution >= 4 is 11.8 Å². The monoisotopic (exact) mass is 457 g/mol. The van der Waals surface area contributed by atoms with Crippen molar-refractivity contribution < 1.29 is 0 Å². The van der Waals surface area contributed by atoms with Gasteiger partial charge in [0.2, 0.25) is 0 Å². The number of allylic oxidation sites excluding steroid dienone is 11. The van der Waals surface area contributed by atoms with Crippen LogP contribution in [0.25, 0.3) is 0 Å². The van der Waals surface area contributed by atoms with E-state index in [4.69, 9.17) is 0 Å². The van der Waals surface area contributed by atoms with Crippen LogP contribution in [-0.4, -0.2) is 17.5 Å². The molecule has 0 aromatic carbocycles. The van der Waals surface area contributed by atoms with Crippen LogP contribution in [0, 0.1) is 0 Å². The minimum Gasteiger partial charge on any atom is -0.385 e. The van der Waals surface area contributed by atoms with Gasteiger partial charge in [0, 0.05) is 23.2 Å². The molecule has 0 aromatic rings. The van der Waals surface area contributed by atoms with Gasteiger partial charge in [-0.25, -0.2) is 0 Å². The molecule has 1 atom stereocenters. The van der Waals surface area contributed by atoms with Gasteiger partial charge in [-0.1, -0.05) is 58.2 Å². The molecule has 0 rings (SSSR count). The second-order valence-electron chi connectivity index (χ2n) is 9.73. The molecule has 2 heteroatoms. The molecule has 182 valence electrons. The van der Waals surface area contributed by atoms with Gasteiger partial charge in [0.15, 0.2) is 0 Å². The standard InChI is InChI=1S/C30H51NS/c1-24(2)13-10-14-26(5)15-11-16-27(6)17-12-18-28(7)21-22-32-23-30(9)31-29(8)20-19-25(3)4/h13,15,17,19-21,30-31H,10-12,14,16,18,22-23H2,1-9H3/b26-15+,27-17+,28-21+,29-20+. The van der Waals surface area contributed by atoms with Gasteiger partial charge in [-0.3, -0.25) is 0 Å². The molecule has 0 radical (unpaired) electrons. The van der Waals surface area contributed by atoms with Crippen molar-refractivity contribution in [3.05, 3.63) is 70.0 Å². The normalized spacial score (nSPS) is 14.3. The molecular formula is C30H51NS. The summed E-state index contributed by atoms with van der Waals surface area (Å²) in [4.78, 5) is 0. The smallest absolute Gasteiger partial charge is 0.0320 e. The molecule has 0 bridgehead atoms. The molecule has 0 fully saturated rings. The number of nitrogens with one attached hydrogen (secondary N) is 1. The van der Waals surface area contributed by atoms with Gasteiger partial charge in [-0.05, 0) is 107 Å². The van der Waals surface area contributed by atoms with E-state index in [-0.39, 0.29) is 0 Å². The maximum Gasteiger partial charge on any atom is 0.0320 e. The van der Waals surface area contributed by atoms with Gasteiger partial charge in [-0.15, -0.1) is 0 Å². The summed E-state index contributed by atoms with van der Waals surface area (Å²) in [7, 11) is 0. The minimum absolute atomic E-state index is 0.492. The summed E-state index contributed by atoms with van der Waals surface area (Å²) >= 11 is 2.01. The Morgan fingerprint density at radius 2 is 1.16 bits per heavy atom. The predicted octanol–water partition coefficient (Wildman–Crippen LogP) is 9.71. The fourth-order valence-electron chi connectivity index (χ4n) is 3.20. The topological polar surface area (TPSA) is 12.0 Å². The van der Waals surface area contributed by atoms with Crippen LogP contribution in [0.5, 0.6) is 0 Å². The second-order valence-corrected chi connectivity index (χ2v) is 10.8. The van der Waals surface area contributed by atoms with Crippen LogP contribution in [0.15, 0.2) is 70.0 Å². The van der Waals surface area contributed by atoms with E-state index in [0.717, 1.165) is 17.9 Å². The Morgan fingerprint density at radius 1 is 0.656 bits per heavy atom. The first-order chi connectivity index (χ1) is 15.1. The first kappa shape index (κ1) is 30.6. The summed E-state index contributed by atoms with van der Waals surface area (Å²) in [5.41, 5.74) is 8.55. The number of thioether (sulfide) groups is 1. The molecule has 0 aliphatic heterocycles. The first-order valence-corrected chi connectivity index (χ1v) is 13.5. The van der Waals surface area contributed by atoms with Crippen LogP contribution >= 0.6 is 11.8 Å². The van der Waals surface area contributed by atoms with Gasteiger partial charge in [0.1, 0.15) is 0 Å². The van der Waals surface area contributed by atoms with E-state index >= 15 is 0 Å². The lowest BCUT2D eigenvalue weighted by Crippen LogP contribution is -2.26. The molecule has 1 unspecified atom stereocenters. The maximum atomic E-state index is 3.57. The fraction of sp³-hybridized carbons (Fsp3) is 0.600. The average molecular weight is 458 g/mol. The van der Waals surface area contributed by atoms with Gasteiger partial charge in [0.05, 0.1) is 0 Å². The van der Waals surface area contributed by atoms with E-state index in [1.54, 1.807) is 0 Å². The minimum atomic E-state index is 0.492. The van der Waals surface area contributed by atoms with E-state index in [2.05, 4.69) is 104 Å². The van der Waals surface area contributed by atoms with Gasteiger partial charge < -0.3 is 5.32 Å². The van der Waals surface area contributed by atoms with E-state index in [9.17, 15) is 0 Å². The summed E-state index contributed by atoms with van der Waals surface area (Å²) in [6.07, 6.45) is 21.0. The van der Waals surface area contributed by atoms with Gasteiger partial charge in [-0.2, -0.15) is 11.8 Å². The highest BCUT2D eigenvalue weighted by atomic mass is 32.2. The third-order valence-corrected chi connectivity index (χ3v) is 6.35. The van der Waals surface area contributed by atoms with Crippen molar-refractivity contribution in [1.82, 2.24) is 5.32 Å². The van der Waals surface area contributed by atoms with Crippen molar-refractivity contribution in [3.8, 4) is 0 Å². The summed E-state index contributed by atoms with van der Waals surface area (Å²) in [6.45, 7) is 19.8. The van der Waals surface area contributed by atoms with Crippen molar-refractivity contribution in [2.75, 3.05) is 11.5 Å². The molecule has 1 N–H and O–H groups in total. The zero-order valence-electron chi connectivity index (χ0n) is 22.6. The largest absolute Gasteiger partial charge is 0.385 e. The Kier molecular flexibility index (Phi) is 18.3. The van der Waals surface area contributed by atoms with Crippen molar-refractivity contribution in [3.63, 3.8) is 0 Å². The van der Waals surface area contributed by atoms with Crippen molar-refractivity contribution in [2.45, 2.75) is 107 Å². The van der Waals surface area contributed by atoms with E-state index < -0.39 is 0 Å². The molecule has 0 heterocycles. The lowest BCUT2D eigenvalue weighted by atomic mass is 10.0. The van der Waals surface area contributed by atoms with Gasteiger partial charge in [0.25, 0.3) is 0 Å². The number of hydrogen-bond donors (Lipinski definition) is 1. The summed E-state index contributed by atoms with van der Waals surface area (Å²) in [5.74, 6) is 2.23. The molecule has 0 amide bonds. The van der Waals surface area contributed by atoms with E-state index in [1.807, 2.05) is 11.8 Å². The average Bonchev–Trinajstić information content (AvgIpc) is 2.69. The Bertz CT molecular complexity index is 692. The third-order valence-electron chi connectivity index (χ3n) is 5.21. The predicted molar refractivity (Wildman–Crippen MR) is 152 cm³/mol. The SMILES string of the molecule is CC(C)=C/C=C(\C)NC(C)CSC/C=C(\C)CC/C=C(\C)CC/C=C(\C)CCC=C(C)C. The molecule has 0 spiro atoms. The fourth-order valence-corrected chi connectivity index (χ4v) is 4.18. The number of rotatable bonds is 16. The molecule has 0 saturated heterocycles. The Balaban J connectivity index is 4.07. The quantitative estimate of drug-likeness (QED) is 0.141. The van der Waals surface area contributed by atoms with Crippen molar-refractivity contribution in [2.24, 2.45) is 0 Å². The number of hydrogen-bond acceptors (Lipinski definition) is 2. The van der Waals surface area contributed by atoms with Crippen LogP contribution in [0.1, 0.15) is 101 Å². The highest BCUT2D eigenvalue weighted by molar-refractivity contribution is 7.99. The second kappa shape index (κ2) is 19.1. The van der Waals surface area contributed by atoms with Crippen LogP contribution in [0.2, 0.25) is 0 Å². The zero-order chi connectivity index (χ0) is 24.4. The molecule has 0 aliphatic carbocycles. The van der Waals surface area contributed by atoms with E-state index in [1.165, 1.54) is 65.7 Å². The van der Waals surface area contributed by atoms with Crippen molar-refractivity contribution in [1.29, 1.82) is 0 Å². The molecule has 1 nitrogen and oxygen atoms in total. The third kappa shape index (κ3) is 20.5. The van der Waals surface area contributed by atoms with Crippen LogP contribution in [-0.2, 0) is 0 Å². The highest BCUT2D eigenvalue weighted by Crippen LogP contribution is 2.14. The van der Waals surface area contributed by atoms with E-state index in [0.29, 0.717) is 6.04 Å². The van der Waals surface area contributed by atoms with Crippen LogP contribution in [0.4, 0.5) is 0 Å². The van der Waals surface area contributed by atoms with Gasteiger partial charge >= 0.3 is 0 Å². The Hall–Kier alpha value is -1.41. The zero-order valence-corrected chi connectivity index (χ0v) is 23.4. The highest BCUT2D eigenvalue weighted by Gasteiger charge is 2.01. The lowest BCUT2D eigenvalue weighted by molar-refractivity contribution is 0.678. The maximum absolute atomic E-state index is 3.57. The summed E-state index contributed by atoms with van der Waals surface area (Å²) < 4.78 is 0. The molecule has 0 aliphatic rings. The Labute approximate surface area is 205 Å². The Morgan fingerprint density at radius 3 is 1.66 bits per heavy atom. The van der Waals surface area contributed by atoms with Crippen LogP contribution < -0.4 is 5.32 Å². The molecule has 0 saturated carbocycles. The molecular weight excluding hydrogens is 406 g/mol. The first-order valence-electron chi connectivity index (χ1n) is 12.4. The molecule has 0 aromatic heterocycles. The lowest BCUT2D eigenvalue weighted by Gasteiger charge is -2.14. The molecule has 32 heavy (non-hydrogen) atoms.